The molecule has 1 N–H and O–H groups in total. The van der Waals surface area contributed by atoms with Gasteiger partial charge in [-0.3, -0.25) is 19.2 Å². The van der Waals surface area contributed by atoms with Crippen LogP contribution in [0.25, 0.3) is 0 Å². The van der Waals surface area contributed by atoms with E-state index in [1.807, 2.05) is 65.0 Å². The molecule has 1 aromatic carbocycles. The average Bonchev–Trinajstić information content (AvgIpc) is 3.74. The van der Waals surface area contributed by atoms with E-state index in [-0.39, 0.29) is 48.6 Å². The lowest BCUT2D eigenvalue weighted by Crippen LogP contribution is -2.63. The lowest BCUT2D eigenvalue weighted by atomic mass is 9.70. The van der Waals surface area contributed by atoms with E-state index < -0.39 is 59.3 Å². The topological polar surface area (TPSA) is 117 Å². The molecule has 52 heavy (non-hydrogen) atoms. The van der Waals surface area contributed by atoms with Crippen LogP contribution in [-0.2, 0) is 28.7 Å². The number of carbonyl (C=O) groups excluding carboxylic acids is 4. The van der Waals surface area contributed by atoms with Crippen molar-refractivity contribution in [3.8, 4) is 0 Å². The summed E-state index contributed by atoms with van der Waals surface area (Å²) in [6.07, 6.45) is 5.02. The van der Waals surface area contributed by atoms with E-state index in [1.165, 1.54) is 0 Å². The molecule has 10 nitrogen and oxygen atoms in total. The second-order valence-electron chi connectivity index (χ2n) is 17.1. The van der Waals surface area contributed by atoms with Gasteiger partial charge in [0.05, 0.1) is 36.6 Å². The average molecular weight is 722 g/mol. The van der Waals surface area contributed by atoms with Crippen LogP contribution in [0.1, 0.15) is 106 Å². The Hall–Kier alpha value is -3.50. The van der Waals surface area contributed by atoms with Crippen LogP contribution in [0.3, 0.4) is 0 Å². The maximum Gasteiger partial charge on any atom is 0.313 e. The number of aliphatic hydroxyl groups excluding tert-OH is 1. The van der Waals surface area contributed by atoms with Gasteiger partial charge >= 0.3 is 5.97 Å². The number of esters is 1. The molecule has 1 spiro atoms. The fourth-order valence-electron chi connectivity index (χ4n) is 9.24. The third kappa shape index (κ3) is 7.88. The first-order chi connectivity index (χ1) is 24.4. The largest absolute Gasteiger partial charge is 0.455 e. The van der Waals surface area contributed by atoms with Crippen molar-refractivity contribution in [2.45, 2.75) is 135 Å². The van der Waals surface area contributed by atoms with Crippen LogP contribution < -0.4 is 0 Å². The highest BCUT2D eigenvalue weighted by Gasteiger charge is 2.76. The smallest absolute Gasteiger partial charge is 0.313 e. The van der Waals surface area contributed by atoms with Gasteiger partial charge in [-0.25, -0.2) is 0 Å². The van der Waals surface area contributed by atoms with Crippen molar-refractivity contribution >= 4 is 23.7 Å². The molecule has 2 bridgehead atoms. The maximum atomic E-state index is 15.2. The third-order valence-corrected chi connectivity index (χ3v) is 11.7. The number of carbonyl (C=O) groups is 4. The Morgan fingerprint density at radius 2 is 1.77 bits per heavy atom. The van der Waals surface area contributed by atoms with Gasteiger partial charge in [-0.2, -0.15) is 0 Å². The number of fused-ring (bicyclic) bond motifs is 1. The Kier molecular flexibility index (Phi) is 12.9. The summed E-state index contributed by atoms with van der Waals surface area (Å²) >= 11 is 0. The summed E-state index contributed by atoms with van der Waals surface area (Å²) in [7, 11) is 1.70. The zero-order valence-corrected chi connectivity index (χ0v) is 33.0. The zero-order chi connectivity index (χ0) is 38.8. The molecule has 3 heterocycles. The van der Waals surface area contributed by atoms with Gasteiger partial charge in [0, 0.05) is 25.6 Å². The molecular weight excluding hydrogens is 658 g/mol. The number of hydrogen-bond acceptors (Lipinski definition) is 7. The number of amides is 3. The Morgan fingerprint density at radius 1 is 1.12 bits per heavy atom. The van der Waals surface area contributed by atoms with E-state index in [0.717, 1.165) is 5.56 Å². The molecule has 3 aliphatic rings. The molecule has 3 aliphatic heterocycles. The first kappa shape index (κ1) is 41.3. The first-order valence-corrected chi connectivity index (χ1v) is 19.1. The van der Waals surface area contributed by atoms with Crippen molar-refractivity contribution in [1.82, 2.24) is 14.7 Å². The summed E-state index contributed by atoms with van der Waals surface area (Å²) < 4.78 is 13.2. The first-order valence-electron chi connectivity index (χ1n) is 19.1. The lowest BCUT2D eigenvalue weighted by molar-refractivity contribution is -0.165. The van der Waals surface area contributed by atoms with Crippen LogP contribution in [-0.4, -0.2) is 99.1 Å². The minimum atomic E-state index is -1.27. The van der Waals surface area contributed by atoms with Crippen LogP contribution >= 0.6 is 0 Å². The molecule has 0 aromatic heterocycles. The van der Waals surface area contributed by atoms with Gasteiger partial charge in [-0.15, -0.1) is 13.2 Å². The van der Waals surface area contributed by atoms with Crippen molar-refractivity contribution in [3.63, 3.8) is 0 Å². The maximum absolute atomic E-state index is 15.2. The van der Waals surface area contributed by atoms with Gasteiger partial charge in [0.15, 0.2) is 0 Å². The zero-order valence-electron chi connectivity index (χ0n) is 33.0. The quantitative estimate of drug-likeness (QED) is 0.153. The van der Waals surface area contributed by atoms with Crippen molar-refractivity contribution in [2.75, 3.05) is 20.2 Å². The van der Waals surface area contributed by atoms with Crippen LogP contribution in [0.4, 0.5) is 0 Å². The third-order valence-electron chi connectivity index (χ3n) is 11.7. The lowest BCUT2D eigenvalue weighted by Gasteiger charge is -2.47. The molecule has 9 atom stereocenters. The molecule has 1 aromatic rings. The number of hydrogen-bond donors (Lipinski definition) is 1. The number of benzene rings is 1. The summed E-state index contributed by atoms with van der Waals surface area (Å²) in [6, 6.07) is 7.07. The summed E-state index contributed by atoms with van der Waals surface area (Å²) in [5, 5.41) is 10.8. The van der Waals surface area contributed by atoms with Gasteiger partial charge in [0.2, 0.25) is 17.7 Å². The molecule has 0 aliphatic carbocycles. The molecule has 10 heteroatoms. The molecule has 0 saturated carbocycles. The SMILES string of the molecule is C=CCCC(=O)N(C)[C@@H](C)[C@@H](OC(=O)[C@@H]1[C@@H]2CC[C@]3(O2)[C@H](C(=O)N(CC=C)C(C)(C)CC(C)(C)C)N([C@@H](CO)[C@@H](C)CC)C(=O)[C@@H]13)c1ccccc1. The number of aliphatic hydroxyl groups is 1. The number of likely N-dealkylation sites (tertiary alicyclic amines) is 1. The highest BCUT2D eigenvalue weighted by atomic mass is 16.6. The molecule has 3 saturated heterocycles. The Bertz CT molecular complexity index is 1470. The van der Waals surface area contributed by atoms with Gasteiger partial charge in [-0.1, -0.05) is 83.5 Å². The van der Waals surface area contributed by atoms with E-state index in [1.54, 1.807) is 33.9 Å². The van der Waals surface area contributed by atoms with Crippen molar-refractivity contribution in [3.05, 3.63) is 61.2 Å². The van der Waals surface area contributed by atoms with Crippen LogP contribution in [0.15, 0.2) is 55.6 Å². The van der Waals surface area contributed by atoms with Crippen molar-refractivity contribution in [1.29, 1.82) is 0 Å². The van der Waals surface area contributed by atoms with Crippen LogP contribution in [0, 0.1) is 23.2 Å². The van der Waals surface area contributed by atoms with Gasteiger partial charge in [0.1, 0.15) is 17.7 Å². The fraction of sp³-hybridized carbons (Fsp3) is 0.667. The predicted octanol–water partition coefficient (Wildman–Crippen LogP) is 6.10. The molecular formula is C42H63N3O7. The highest BCUT2D eigenvalue weighted by Crippen LogP contribution is 2.60. The van der Waals surface area contributed by atoms with E-state index in [9.17, 15) is 19.5 Å². The molecule has 3 amide bonds. The Balaban J connectivity index is 1.78. The summed E-state index contributed by atoms with van der Waals surface area (Å²) in [5.41, 5.74) is -1.27. The van der Waals surface area contributed by atoms with E-state index in [0.29, 0.717) is 32.1 Å². The van der Waals surface area contributed by atoms with Crippen molar-refractivity contribution in [2.24, 2.45) is 23.2 Å². The number of ether oxygens (including phenoxy) is 2. The summed E-state index contributed by atoms with van der Waals surface area (Å²) in [4.78, 5) is 62.8. The minimum absolute atomic E-state index is 0.104. The molecule has 4 rings (SSSR count). The fourth-order valence-corrected chi connectivity index (χ4v) is 9.24. The van der Waals surface area contributed by atoms with E-state index >= 15 is 4.79 Å². The standard InChI is InChI=1S/C42H63N3O7/c1-12-15-21-32(47)43(11)28(5)35(29-19-17-16-18-20-29)51-39(50)33-31-22-23-42(52-31)34(33)37(48)45(30(25-46)27(4)14-3)36(42)38(49)44(24-13-2)41(9,10)26-40(6,7)8/h12-13,16-20,27-28,30-31,33-36,46H,1-2,14-15,21-26H2,3-11H3/t27-,28-,30-,31-,33+,34+,35+,36-,42+/m0/s1. The van der Waals surface area contributed by atoms with Gasteiger partial charge in [0.25, 0.3) is 0 Å². The number of nitrogens with zero attached hydrogens (tertiary/aromatic N) is 3. The van der Waals surface area contributed by atoms with Gasteiger partial charge in [-0.05, 0) is 63.4 Å². The minimum Gasteiger partial charge on any atom is -0.455 e. The summed E-state index contributed by atoms with van der Waals surface area (Å²) in [6.45, 7) is 23.9. The highest BCUT2D eigenvalue weighted by molar-refractivity contribution is 5.98. The molecule has 288 valence electrons. The second kappa shape index (κ2) is 16.3. The Labute approximate surface area is 311 Å². The predicted molar refractivity (Wildman–Crippen MR) is 202 cm³/mol. The summed E-state index contributed by atoms with van der Waals surface area (Å²) in [5.74, 6) is -3.39. The van der Waals surface area contributed by atoms with Crippen LogP contribution in [0.5, 0.6) is 0 Å². The monoisotopic (exact) mass is 721 g/mol. The second-order valence-corrected chi connectivity index (χ2v) is 17.1. The number of allylic oxidation sites excluding steroid dienone is 1. The molecule has 0 unspecified atom stereocenters. The van der Waals surface area contributed by atoms with Gasteiger partial charge < -0.3 is 29.3 Å². The Morgan fingerprint density at radius 3 is 2.33 bits per heavy atom. The van der Waals surface area contributed by atoms with E-state index in [4.69, 9.17) is 9.47 Å². The molecule has 0 radical (unpaired) electrons. The van der Waals surface area contributed by atoms with Crippen molar-refractivity contribution < 1.29 is 33.8 Å². The van der Waals surface area contributed by atoms with Crippen LogP contribution in [0.2, 0.25) is 0 Å². The number of rotatable bonds is 17. The normalized spacial score (nSPS) is 26.3. The number of likely N-dealkylation sites (N-methyl/N-ethyl adjacent to an activating group) is 1. The molecule has 3 fully saturated rings. The van der Waals surface area contributed by atoms with E-state index in [2.05, 4.69) is 33.9 Å².